The molecule has 15 heavy (non-hydrogen) atoms. The second-order valence-corrected chi connectivity index (χ2v) is 2.84. The van der Waals surface area contributed by atoms with E-state index in [1.54, 1.807) is 18.3 Å². The Balaban J connectivity index is 0.00000112. The Kier molecular flexibility index (Phi) is 5.16. The smallest absolute Gasteiger partial charge is 0.296 e. The molecule has 0 saturated carbocycles. The third-order valence-electron chi connectivity index (χ3n) is 1.90. The normalized spacial score (nSPS) is 8.73. The van der Waals surface area contributed by atoms with Crippen LogP contribution in [0.15, 0.2) is 42.6 Å². The largest absolute Gasteiger partial charge is 1.00 e. The molecular weight excluding hydrogens is 211 g/mol. The Hall–Kier alpha value is -0.504. The van der Waals surface area contributed by atoms with Gasteiger partial charge in [0, 0.05) is 0 Å². The van der Waals surface area contributed by atoms with Crippen molar-refractivity contribution in [3.8, 4) is 17.3 Å². The summed E-state index contributed by atoms with van der Waals surface area (Å²) in [6.45, 7) is 0. The number of pyridine rings is 1. The molecule has 0 aliphatic rings. The van der Waals surface area contributed by atoms with Crippen LogP contribution in [-0.2, 0) is 0 Å². The van der Waals surface area contributed by atoms with Gasteiger partial charge in [-0.05, 0) is 23.4 Å². The van der Waals surface area contributed by atoms with Gasteiger partial charge in [0.2, 0.25) is 0 Å². The van der Waals surface area contributed by atoms with Crippen molar-refractivity contribution in [2.45, 2.75) is 0 Å². The monoisotopic (exact) mass is 218 g/mol. The fraction of sp³-hybridized carbons (Fsp3) is 0. The zero-order valence-electron chi connectivity index (χ0n) is 8.44. The van der Waals surface area contributed by atoms with Crippen LogP contribution in [0.3, 0.4) is 0 Å². The molecule has 1 heterocycles. The quantitative estimate of drug-likeness (QED) is 0.474. The minimum atomic E-state index is 0. The maximum Gasteiger partial charge on any atom is 1.00 e. The van der Waals surface area contributed by atoms with E-state index in [1.165, 1.54) is 0 Å². The Bertz CT molecular complexity index is 474. The molecule has 66 valence electrons. The molecular formula is C12H7KN2. The molecule has 1 aromatic heterocycles. The van der Waals surface area contributed by atoms with Gasteiger partial charge in [0.1, 0.15) is 0 Å². The third kappa shape index (κ3) is 3.23. The van der Waals surface area contributed by atoms with Gasteiger partial charge < -0.3 is 0 Å². The molecule has 0 atom stereocenters. The Morgan fingerprint density at radius 3 is 2.80 bits per heavy atom. The average Bonchev–Trinajstić information content (AvgIpc) is 2.30. The van der Waals surface area contributed by atoms with Crippen molar-refractivity contribution in [2.75, 3.05) is 0 Å². The van der Waals surface area contributed by atoms with Crippen LogP contribution in [-0.4, -0.2) is 4.98 Å². The van der Waals surface area contributed by atoms with Crippen LogP contribution in [0.1, 0.15) is 5.56 Å². The second kappa shape index (κ2) is 6.16. The Labute approximate surface area is 131 Å². The molecule has 0 aliphatic heterocycles. The second-order valence-electron chi connectivity index (χ2n) is 2.84. The van der Waals surface area contributed by atoms with Crippen molar-refractivity contribution >= 4 is 0 Å². The zero-order valence-corrected chi connectivity index (χ0v) is 11.6. The van der Waals surface area contributed by atoms with Crippen LogP contribution in [0.5, 0.6) is 0 Å². The topological polar surface area (TPSA) is 36.7 Å². The number of hydrogen-bond acceptors (Lipinski definition) is 2. The van der Waals surface area contributed by atoms with E-state index in [-0.39, 0.29) is 51.4 Å². The molecule has 1 aromatic carbocycles. The van der Waals surface area contributed by atoms with Crippen LogP contribution < -0.4 is 51.4 Å². The Morgan fingerprint density at radius 1 is 1.27 bits per heavy atom. The summed E-state index contributed by atoms with van der Waals surface area (Å²) in [6, 6.07) is 16.0. The van der Waals surface area contributed by atoms with Crippen LogP contribution in [0.2, 0.25) is 0 Å². The first kappa shape index (κ1) is 12.6. The van der Waals surface area contributed by atoms with Gasteiger partial charge in [0.25, 0.3) is 0 Å². The van der Waals surface area contributed by atoms with Gasteiger partial charge in [-0.25, -0.2) is 12.1 Å². The van der Waals surface area contributed by atoms with Crippen molar-refractivity contribution in [1.29, 1.82) is 5.26 Å². The van der Waals surface area contributed by atoms with Crippen molar-refractivity contribution in [2.24, 2.45) is 0 Å². The van der Waals surface area contributed by atoms with Gasteiger partial charge in [0.15, 0.2) is 0 Å². The van der Waals surface area contributed by atoms with Crippen LogP contribution in [0.4, 0.5) is 0 Å². The predicted molar refractivity (Wildman–Crippen MR) is 53.2 cm³/mol. The summed E-state index contributed by atoms with van der Waals surface area (Å²) in [5.41, 5.74) is 2.47. The third-order valence-corrected chi connectivity index (χ3v) is 1.90. The van der Waals surface area contributed by atoms with E-state index in [4.69, 9.17) is 5.26 Å². The SMILES string of the molecule is N#Cc1cccc(-c2cc[c-]cn2)c1.[K+]. The minimum Gasteiger partial charge on any atom is -0.296 e. The van der Waals surface area contributed by atoms with E-state index in [0.717, 1.165) is 11.3 Å². The first-order chi connectivity index (χ1) is 6.90. The van der Waals surface area contributed by atoms with Gasteiger partial charge in [-0.1, -0.05) is 18.3 Å². The maximum absolute atomic E-state index is 8.73. The van der Waals surface area contributed by atoms with Gasteiger partial charge >= 0.3 is 51.4 Å². The standard InChI is InChI=1S/C12H7N2.K/c13-9-10-4-3-5-11(8-10)12-6-1-2-7-14-12;/h1,3-8H;/q-1;+1. The molecule has 0 N–H and O–H groups in total. The molecule has 0 aliphatic carbocycles. The number of benzene rings is 1. The summed E-state index contributed by atoms with van der Waals surface area (Å²) >= 11 is 0. The molecule has 0 amide bonds. The van der Waals surface area contributed by atoms with E-state index in [0.29, 0.717) is 5.56 Å². The molecule has 0 bridgehead atoms. The number of rotatable bonds is 1. The summed E-state index contributed by atoms with van der Waals surface area (Å²) in [5.74, 6) is 0. The molecule has 0 spiro atoms. The summed E-state index contributed by atoms with van der Waals surface area (Å²) in [7, 11) is 0. The van der Waals surface area contributed by atoms with Crippen molar-refractivity contribution in [3.63, 3.8) is 0 Å². The van der Waals surface area contributed by atoms with Crippen LogP contribution in [0.25, 0.3) is 11.3 Å². The number of nitriles is 1. The average molecular weight is 218 g/mol. The maximum atomic E-state index is 8.73. The fourth-order valence-corrected chi connectivity index (χ4v) is 1.24. The summed E-state index contributed by atoms with van der Waals surface area (Å²) < 4.78 is 0. The van der Waals surface area contributed by atoms with Crippen molar-refractivity contribution in [1.82, 2.24) is 4.98 Å². The number of nitrogens with zero attached hydrogens (tertiary/aromatic N) is 2. The first-order valence-corrected chi connectivity index (χ1v) is 4.23. The van der Waals surface area contributed by atoms with Gasteiger partial charge in [-0.3, -0.25) is 4.98 Å². The molecule has 2 rings (SSSR count). The predicted octanol–water partition coefficient (Wildman–Crippen LogP) is -0.576. The van der Waals surface area contributed by atoms with Gasteiger partial charge in [0.05, 0.1) is 11.6 Å². The summed E-state index contributed by atoms with van der Waals surface area (Å²) in [5, 5.41) is 8.73. The molecule has 2 nitrogen and oxygen atoms in total. The van der Waals surface area contributed by atoms with E-state index in [1.807, 2.05) is 24.3 Å². The molecule has 0 fully saturated rings. The van der Waals surface area contributed by atoms with Crippen LogP contribution >= 0.6 is 0 Å². The van der Waals surface area contributed by atoms with Crippen molar-refractivity contribution in [3.05, 3.63) is 54.2 Å². The van der Waals surface area contributed by atoms with E-state index >= 15 is 0 Å². The van der Waals surface area contributed by atoms with E-state index < -0.39 is 0 Å². The van der Waals surface area contributed by atoms with Crippen LogP contribution in [0, 0.1) is 17.4 Å². The first-order valence-electron chi connectivity index (χ1n) is 4.23. The summed E-state index contributed by atoms with van der Waals surface area (Å²) in [6.07, 6.45) is 1.62. The van der Waals surface area contributed by atoms with Gasteiger partial charge in [-0.2, -0.15) is 11.3 Å². The fourth-order valence-electron chi connectivity index (χ4n) is 1.24. The number of aromatic nitrogens is 1. The summed E-state index contributed by atoms with van der Waals surface area (Å²) in [4.78, 5) is 4.16. The van der Waals surface area contributed by atoms with E-state index in [9.17, 15) is 0 Å². The van der Waals surface area contributed by atoms with Crippen molar-refractivity contribution < 1.29 is 51.4 Å². The minimum absolute atomic E-state index is 0. The number of hydrogen-bond donors (Lipinski definition) is 0. The van der Waals surface area contributed by atoms with Gasteiger partial charge in [-0.15, -0.1) is 0 Å². The molecule has 0 saturated heterocycles. The van der Waals surface area contributed by atoms with E-state index in [2.05, 4.69) is 17.1 Å². The molecule has 0 unspecified atom stereocenters. The molecule has 2 aromatic rings. The molecule has 0 radical (unpaired) electrons. The molecule has 3 heteroatoms. The Morgan fingerprint density at radius 2 is 2.13 bits per heavy atom. The zero-order chi connectivity index (χ0) is 9.80.